The maximum Gasteiger partial charge on any atom is 0.262 e. The number of morpholine rings is 1. The molecule has 6 heteroatoms. The lowest BCUT2D eigenvalue weighted by Crippen LogP contribution is -2.36. The summed E-state index contributed by atoms with van der Waals surface area (Å²) in [6.45, 7) is 3.73. The quantitative estimate of drug-likeness (QED) is 0.821. The number of hydrogen-bond donors (Lipinski definition) is 0. The van der Waals surface area contributed by atoms with Crippen LogP contribution in [0.5, 0.6) is 0 Å². The van der Waals surface area contributed by atoms with E-state index in [-0.39, 0.29) is 16.5 Å². The minimum Gasteiger partial charge on any atom is -0.378 e. The lowest BCUT2D eigenvalue weighted by Gasteiger charge is -2.29. The van der Waals surface area contributed by atoms with Gasteiger partial charge in [0.1, 0.15) is 5.82 Å². The Morgan fingerprint density at radius 2 is 1.92 bits per heavy atom. The fraction of sp³-hybridized carbons (Fsp3) is 0.316. The molecule has 25 heavy (non-hydrogen) atoms. The van der Waals surface area contributed by atoms with E-state index >= 15 is 0 Å². The van der Waals surface area contributed by atoms with E-state index in [2.05, 4.69) is 11.0 Å². The third-order valence-corrected chi connectivity index (χ3v) is 5.07. The molecule has 0 saturated carbocycles. The molecule has 0 unspecified atom stereocenters. The van der Waals surface area contributed by atoms with E-state index in [1.807, 2.05) is 12.1 Å². The Hall–Kier alpha value is -2.11. The van der Waals surface area contributed by atoms with Crippen LogP contribution in [0.3, 0.4) is 0 Å². The van der Waals surface area contributed by atoms with Crippen molar-refractivity contribution in [2.45, 2.75) is 6.42 Å². The molecule has 0 bridgehead atoms. The van der Waals surface area contributed by atoms with Crippen molar-refractivity contribution in [1.29, 1.82) is 0 Å². The van der Waals surface area contributed by atoms with Crippen molar-refractivity contribution < 1.29 is 13.9 Å². The summed E-state index contributed by atoms with van der Waals surface area (Å²) >= 11 is 6.05. The number of rotatable bonds is 2. The molecule has 2 aliphatic heterocycles. The van der Waals surface area contributed by atoms with Crippen LogP contribution in [0.1, 0.15) is 15.9 Å². The Kier molecular flexibility index (Phi) is 4.36. The van der Waals surface area contributed by atoms with Gasteiger partial charge >= 0.3 is 0 Å². The van der Waals surface area contributed by atoms with Crippen molar-refractivity contribution in [2.24, 2.45) is 0 Å². The highest BCUT2D eigenvalue weighted by Gasteiger charge is 2.29. The zero-order chi connectivity index (χ0) is 17.4. The molecule has 2 aromatic rings. The second kappa shape index (κ2) is 6.65. The van der Waals surface area contributed by atoms with Crippen LogP contribution in [0, 0.1) is 5.82 Å². The maximum absolute atomic E-state index is 14.1. The molecule has 1 fully saturated rings. The Bertz CT molecular complexity index is 801. The molecule has 130 valence electrons. The van der Waals surface area contributed by atoms with E-state index in [1.54, 1.807) is 4.90 Å². The monoisotopic (exact) mass is 360 g/mol. The van der Waals surface area contributed by atoms with Gasteiger partial charge in [-0.1, -0.05) is 17.7 Å². The van der Waals surface area contributed by atoms with Crippen molar-refractivity contribution in [1.82, 2.24) is 0 Å². The van der Waals surface area contributed by atoms with E-state index in [4.69, 9.17) is 16.3 Å². The van der Waals surface area contributed by atoms with Crippen molar-refractivity contribution in [2.75, 3.05) is 42.6 Å². The first-order chi connectivity index (χ1) is 12.1. The number of benzene rings is 2. The average Bonchev–Trinajstić information content (AvgIpc) is 3.05. The lowest BCUT2D eigenvalue weighted by atomic mass is 10.1. The van der Waals surface area contributed by atoms with Crippen molar-refractivity contribution in [3.63, 3.8) is 0 Å². The van der Waals surface area contributed by atoms with Crippen LogP contribution >= 0.6 is 11.6 Å². The first-order valence-corrected chi connectivity index (χ1v) is 8.74. The second-order valence-electron chi connectivity index (χ2n) is 6.22. The molecular formula is C19H18ClFN2O2. The van der Waals surface area contributed by atoms with Crippen LogP contribution < -0.4 is 9.80 Å². The second-order valence-corrected chi connectivity index (χ2v) is 6.62. The predicted octanol–water partition coefficient (Wildman–Crippen LogP) is 3.52. The molecule has 2 aromatic carbocycles. The van der Waals surface area contributed by atoms with Gasteiger partial charge in [-0.3, -0.25) is 4.79 Å². The summed E-state index contributed by atoms with van der Waals surface area (Å²) in [5, 5.41) is 0.142. The third-order valence-electron chi connectivity index (χ3n) is 4.76. The van der Waals surface area contributed by atoms with Gasteiger partial charge in [0.15, 0.2) is 0 Å². The minimum atomic E-state index is -0.587. The van der Waals surface area contributed by atoms with Gasteiger partial charge in [0.2, 0.25) is 0 Å². The first kappa shape index (κ1) is 16.4. The number of carbonyl (C=O) groups is 1. The van der Waals surface area contributed by atoms with Gasteiger partial charge in [-0.2, -0.15) is 0 Å². The molecular weight excluding hydrogens is 343 g/mol. The summed E-state index contributed by atoms with van der Waals surface area (Å²) in [5.41, 5.74) is 3.01. The third kappa shape index (κ3) is 2.98. The van der Waals surface area contributed by atoms with E-state index in [9.17, 15) is 9.18 Å². The lowest BCUT2D eigenvalue weighted by molar-refractivity contribution is 0.0985. The fourth-order valence-corrected chi connectivity index (χ4v) is 3.70. The molecule has 0 aromatic heterocycles. The van der Waals surface area contributed by atoms with Gasteiger partial charge in [0.05, 0.1) is 23.8 Å². The number of hydrogen-bond acceptors (Lipinski definition) is 3. The van der Waals surface area contributed by atoms with E-state index in [1.165, 1.54) is 18.2 Å². The van der Waals surface area contributed by atoms with Gasteiger partial charge in [-0.15, -0.1) is 0 Å². The van der Waals surface area contributed by atoms with Gasteiger partial charge in [0.25, 0.3) is 5.91 Å². The molecule has 1 saturated heterocycles. The number of ether oxygens (including phenoxy) is 1. The summed E-state index contributed by atoms with van der Waals surface area (Å²) in [6.07, 6.45) is 0.755. The van der Waals surface area contributed by atoms with Crippen LogP contribution in [0.2, 0.25) is 5.02 Å². The molecule has 2 aliphatic rings. The highest BCUT2D eigenvalue weighted by molar-refractivity contribution is 6.34. The van der Waals surface area contributed by atoms with Gasteiger partial charge in [-0.25, -0.2) is 4.39 Å². The molecule has 0 N–H and O–H groups in total. The SMILES string of the molecule is O=C(c1c(F)cccc1Cl)N1CCc2cc(N3CCOCC3)ccc21. The number of nitrogens with zero attached hydrogens (tertiary/aromatic N) is 2. The van der Waals surface area contributed by atoms with Crippen LogP contribution in [-0.4, -0.2) is 38.8 Å². The smallest absolute Gasteiger partial charge is 0.262 e. The Morgan fingerprint density at radius 1 is 1.12 bits per heavy atom. The maximum atomic E-state index is 14.1. The van der Waals surface area contributed by atoms with Gasteiger partial charge in [-0.05, 0) is 42.3 Å². The van der Waals surface area contributed by atoms with Crippen LogP contribution in [0.15, 0.2) is 36.4 Å². The Labute approximate surface area is 150 Å². The van der Waals surface area contributed by atoms with E-state index in [0.717, 1.165) is 49.7 Å². The topological polar surface area (TPSA) is 32.8 Å². The molecule has 4 nitrogen and oxygen atoms in total. The van der Waals surface area contributed by atoms with Crippen molar-refractivity contribution >= 4 is 28.9 Å². The summed E-state index contributed by atoms with van der Waals surface area (Å²) < 4.78 is 19.5. The molecule has 2 heterocycles. The Morgan fingerprint density at radius 3 is 2.68 bits per heavy atom. The summed E-state index contributed by atoms with van der Waals surface area (Å²) in [4.78, 5) is 16.7. The number of halogens is 2. The standard InChI is InChI=1S/C19H18ClFN2O2/c20-15-2-1-3-16(21)18(15)19(24)23-7-6-13-12-14(4-5-17(13)23)22-8-10-25-11-9-22/h1-5,12H,6-11H2. The van der Waals surface area contributed by atoms with Crippen LogP contribution in [-0.2, 0) is 11.2 Å². The van der Waals surface area contributed by atoms with Gasteiger partial charge < -0.3 is 14.5 Å². The molecule has 1 amide bonds. The molecule has 0 radical (unpaired) electrons. The highest BCUT2D eigenvalue weighted by Crippen LogP contribution is 2.34. The van der Waals surface area contributed by atoms with Crippen molar-refractivity contribution in [3.8, 4) is 0 Å². The molecule has 0 spiro atoms. The molecule has 4 rings (SSSR count). The molecule has 0 aliphatic carbocycles. The normalized spacial score (nSPS) is 16.9. The van der Waals surface area contributed by atoms with Crippen molar-refractivity contribution in [3.05, 3.63) is 58.4 Å². The van der Waals surface area contributed by atoms with Gasteiger partial charge in [0, 0.05) is 31.0 Å². The number of fused-ring (bicyclic) bond motifs is 1. The molecule has 0 atom stereocenters. The number of carbonyl (C=O) groups excluding carboxylic acids is 1. The zero-order valence-corrected chi connectivity index (χ0v) is 14.4. The van der Waals surface area contributed by atoms with E-state index < -0.39 is 5.82 Å². The summed E-state index contributed by atoms with van der Waals surface area (Å²) in [7, 11) is 0. The Balaban J connectivity index is 1.62. The predicted molar refractivity (Wildman–Crippen MR) is 96.3 cm³/mol. The average molecular weight is 361 g/mol. The number of anilines is 2. The van der Waals surface area contributed by atoms with Crippen LogP contribution in [0.25, 0.3) is 0 Å². The van der Waals surface area contributed by atoms with E-state index in [0.29, 0.717) is 6.54 Å². The first-order valence-electron chi connectivity index (χ1n) is 8.36. The summed E-state index contributed by atoms with van der Waals surface area (Å²) in [5.74, 6) is -0.975. The highest BCUT2D eigenvalue weighted by atomic mass is 35.5. The zero-order valence-electron chi connectivity index (χ0n) is 13.7. The largest absolute Gasteiger partial charge is 0.378 e. The number of amides is 1. The summed E-state index contributed by atoms with van der Waals surface area (Å²) in [6, 6.07) is 10.4. The minimum absolute atomic E-state index is 0.0609. The fourth-order valence-electron chi connectivity index (χ4n) is 3.45. The van der Waals surface area contributed by atoms with Crippen LogP contribution in [0.4, 0.5) is 15.8 Å².